The average molecular weight is 415 g/mol. The molecule has 0 saturated heterocycles. The first-order valence-electron chi connectivity index (χ1n) is 9.26. The van der Waals surface area contributed by atoms with Crippen molar-refractivity contribution in [2.45, 2.75) is 6.92 Å². The third kappa shape index (κ3) is 4.70. The largest absolute Gasteiger partial charge is 0.340 e. The molecule has 2 N–H and O–H groups in total. The molecule has 10 heteroatoms. The highest BCUT2D eigenvalue weighted by molar-refractivity contribution is 6.04. The highest BCUT2D eigenvalue weighted by Crippen LogP contribution is 2.20. The van der Waals surface area contributed by atoms with Crippen molar-refractivity contribution in [3.8, 4) is 5.82 Å². The number of nitrogens with zero attached hydrogens (tertiary/aromatic N) is 5. The van der Waals surface area contributed by atoms with E-state index in [9.17, 15) is 14.9 Å². The minimum absolute atomic E-state index is 0.137. The number of carbonyl (C=O) groups is 1. The second-order valence-corrected chi connectivity index (χ2v) is 6.57. The molecule has 2 heterocycles. The van der Waals surface area contributed by atoms with E-state index in [4.69, 9.17) is 0 Å². The molecule has 0 aliphatic heterocycles. The van der Waals surface area contributed by atoms with Crippen molar-refractivity contribution < 1.29 is 9.72 Å². The summed E-state index contributed by atoms with van der Waals surface area (Å²) in [6, 6.07) is 16.2. The second kappa shape index (κ2) is 8.41. The number of nitro benzene ring substituents is 1. The molecule has 2 aromatic heterocycles. The minimum atomic E-state index is -0.538. The molecule has 0 spiro atoms. The van der Waals surface area contributed by atoms with Crippen molar-refractivity contribution in [3.05, 3.63) is 94.6 Å². The molecule has 0 saturated carbocycles. The number of rotatable bonds is 6. The van der Waals surface area contributed by atoms with E-state index in [0.29, 0.717) is 23.1 Å². The zero-order chi connectivity index (χ0) is 21.8. The molecule has 0 aliphatic carbocycles. The standard InChI is InChI=1S/C21H17N7O3/c1-14-23-19(13-20(24-14)27-11-3-10-22-27)25-16-6-8-17(9-7-16)26-21(29)15-4-2-5-18(12-15)28(30)31/h2-13H,1H3,(H,26,29)(H,23,24,25). The van der Waals surface area contributed by atoms with Crippen molar-refractivity contribution in [1.29, 1.82) is 0 Å². The van der Waals surface area contributed by atoms with Crippen LogP contribution in [0.2, 0.25) is 0 Å². The van der Waals surface area contributed by atoms with Gasteiger partial charge in [-0.25, -0.2) is 14.6 Å². The van der Waals surface area contributed by atoms with Crippen molar-refractivity contribution >= 4 is 28.8 Å². The summed E-state index contributed by atoms with van der Waals surface area (Å²) in [6.07, 6.45) is 3.47. The molecular weight excluding hydrogens is 398 g/mol. The van der Waals surface area contributed by atoms with Gasteiger partial charge in [0.1, 0.15) is 11.6 Å². The van der Waals surface area contributed by atoms with Crippen LogP contribution in [-0.2, 0) is 0 Å². The fourth-order valence-corrected chi connectivity index (χ4v) is 2.89. The molecule has 0 aliphatic rings. The summed E-state index contributed by atoms with van der Waals surface area (Å²) in [4.78, 5) is 31.5. The van der Waals surface area contributed by atoms with Crippen LogP contribution in [0.1, 0.15) is 16.2 Å². The van der Waals surface area contributed by atoms with E-state index in [-0.39, 0.29) is 11.3 Å². The molecule has 2 aromatic carbocycles. The van der Waals surface area contributed by atoms with Gasteiger partial charge in [-0.15, -0.1) is 0 Å². The van der Waals surface area contributed by atoms with E-state index in [2.05, 4.69) is 25.7 Å². The van der Waals surface area contributed by atoms with Crippen LogP contribution in [0.15, 0.2) is 73.1 Å². The normalized spacial score (nSPS) is 10.5. The predicted octanol–water partition coefficient (Wildman–Crippen LogP) is 3.87. The molecule has 0 bridgehead atoms. The van der Waals surface area contributed by atoms with Gasteiger partial charge in [-0.1, -0.05) is 6.07 Å². The summed E-state index contributed by atoms with van der Waals surface area (Å²) < 4.78 is 1.65. The summed E-state index contributed by atoms with van der Waals surface area (Å²) >= 11 is 0. The van der Waals surface area contributed by atoms with Gasteiger partial charge in [0.2, 0.25) is 0 Å². The first-order chi connectivity index (χ1) is 15.0. The highest BCUT2D eigenvalue weighted by atomic mass is 16.6. The van der Waals surface area contributed by atoms with Crippen LogP contribution in [0.5, 0.6) is 0 Å². The lowest BCUT2D eigenvalue weighted by molar-refractivity contribution is -0.384. The Morgan fingerprint density at radius 2 is 1.81 bits per heavy atom. The van der Waals surface area contributed by atoms with E-state index in [0.717, 1.165) is 5.69 Å². The minimum Gasteiger partial charge on any atom is -0.340 e. The second-order valence-electron chi connectivity index (χ2n) is 6.57. The third-order valence-electron chi connectivity index (χ3n) is 4.30. The van der Waals surface area contributed by atoms with Crippen molar-refractivity contribution in [2.24, 2.45) is 0 Å². The van der Waals surface area contributed by atoms with Crippen LogP contribution in [0.3, 0.4) is 0 Å². The van der Waals surface area contributed by atoms with E-state index in [1.54, 1.807) is 54.3 Å². The zero-order valence-corrected chi connectivity index (χ0v) is 16.4. The fraction of sp³-hybridized carbons (Fsp3) is 0.0476. The molecule has 31 heavy (non-hydrogen) atoms. The van der Waals surface area contributed by atoms with Gasteiger partial charge in [0.25, 0.3) is 11.6 Å². The van der Waals surface area contributed by atoms with Crippen LogP contribution in [0.4, 0.5) is 22.9 Å². The monoisotopic (exact) mass is 415 g/mol. The van der Waals surface area contributed by atoms with E-state index in [1.807, 2.05) is 6.07 Å². The van der Waals surface area contributed by atoms with Crippen LogP contribution < -0.4 is 10.6 Å². The Kier molecular flexibility index (Phi) is 5.35. The SMILES string of the molecule is Cc1nc(Nc2ccc(NC(=O)c3cccc([N+](=O)[O-])c3)cc2)cc(-n2cccn2)n1. The molecule has 0 fully saturated rings. The zero-order valence-electron chi connectivity index (χ0n) is 16.4. The number of aryl methyl sites for hydroxylation is 1. The molecule has 10 nitrogen and oxygen atoms in total. The van der Waals surface area contributed by atoms with Gasteiger partial charge in [-0.05, 0) is 43.3 Å². The van der Waals surface area contributed by atoms with Gasteiger partial charge >= 0.3 is 0 Å². The number of carbonyl (C=O) groups excluding carboxylic acids is 1. The maximum atomic E-state index is 12.4. The molecular formula is C21H17N7O3. The first kappa shape index (κ1) is 19.7. The maximum absolute atomic E-state index is 12.4. The Bertz CT molecular complexity index is 1240. The molecule has 0 radical (unpaired) electrons. The number of non-ortho nitro benzene ring substituents is 1. The van der Waals surface area contributed by atoms with Crippen LogP contribution in [0.25, 0.3) is 5.82 Å². The Labute approximate surface area is 176 Å². The fourth-order valence-electron chi connectivity index (χ4n) is 2.89. The number of hydrogen-bond donors (Lipinski definition) is 2. The highest BCUT2D eigenvalue weighted by Gasteiger charge is 2.12. The van der Waals surface area contributed by atoms with Crippen LogP contribution >= 0.6 is 0 Å². The Hall–Kier alpha value is -4.60. The summed E-state index contributed by atoms with van der Waals surface area (Å²) in [7, 11) is 0. The quantitative estimate of drug-likeness (QED) is 0.361. The van der Waals surface area contributed by atoms with Crippen molar-refractivity contribution in [1.82, 2.24) is 19.7 Å². The number of benzene rings is 2. The number of anilines is 3. The molecule has 154 valence electrons. The van der Waals surface area contributed by atoms with Crippen molar-refractivity contribution in [3.63, 3.8) is 0 Å². The van der Waals surface area contributed by atoms with Gasteiger partial charge in [0.05, 0.1) is 4.92 Å². The Morgan fingerprint density at radius 1 is 1.03 bits per heavy atom. The third-order valence-corrected chi connectivity index (χ3v) is 4.30. The average Bonchev–Trinajstić information content (AvgIpc) is 3.30. The smallest absolute Gasteiger partial charge is 0.270 e. The van der Waals surface area contributed by atoms with Gasteiger partial charge in [0.15, 0.2) is 5.82 Å². The van der Waals surface area contributed by atoms with E-state index in [1.165, 1.54) is 24.3 Å². The Balaban J connectivity index is 1.46. The number of aromatic nitrogens is 4. The Morgan fingerprint density at radius 3 is 2.52 bits per heavy atom. The lowest BCUT2D eigenvalue weighted by Gasteiger charge is -2.10. The molecule has 0 unspecified atom stereocenters. The molecule has 1 amide bonds. The summed E-state index contributed by atoms with van der Waals surface area (Å²) in [6.45, 7) is 1.80. The van der Waals surface area contributed by atoms with Crippen LogP contribution in [-0.4, -0.2) is 30.6 Å². The first-order valence-corrected chi connectivity index (χ1v) is 9.26. The number of hydrogen-bond acceptors (Lipinski definition) is 7. The van der Waals surface area contributed by atoms with Gasteiger partial charge in [-0.2, -0.15) is 5.10 Å². The maximum Gasteiger partial charge on any atom is 0.270 e. The molecule has 4 aromatic rings. The summed E-state index contributed by atoms with van der Waals surface area (Å²) in [5, 5.41) is 21.0. The number of amides is 1. The van der Waals surface area contributed by atoms with Crippen LogP contribution in [0, 0.1) is 17.0 Å². The lowest BCUT2D eigenvalue weighted by Crippen LogP contribution is -2.12. The topological polar surface area (TPSA) is 128 Å². The number of nitro groups is 1. The van der Waals surface area contributed by atoms with Gasteiger partial charge in [-0.3, -0.25) is 14.9 Å². The van der Waals surface area contributed by atoms with E-state index >= 15 is 0 Å². The number of nitrogens with one attached hydrogen (secondary N) is 2. The predicted molar refractivity (Wildman–Crippen MR) is 115 cm³/mol. The molecule has 4 rings (SSSR count). The van der Waals surface area contributed by atoms with E-state index < -0.39 is 10.8 Å². The van der Waals surface area contributed by atoms with Crippen molar-refractivity contribution in [2.75, 3.05) is 10.6 Å². The molecule has 0 atom stereocenters. The lowest BCUT2D eigenvalue weighted by atomic mass is 10.2. The van der Waals surface area contributed by atoms with Gasteiger partial charge in [0, 0.05) is 47.5 Å². The summed E-state index contributed by atoms with van der Waals surface area (Å²) in [5.74, 6) is 1.41. The van der Waals surface area contributed by atoms with Gasteiger partial charge < -0.3 is 10.6 Å². The summed E-state index contributed by atoms with van der Waals surface area (Å²) in [5.41, 5.74) is 1.39.